The molecule has 0 aliphatic heterocycles. The monoisotopic (exact) mass is 180 g/mol. The van der Waals surface area contributed by atoms with Gasteiger partial charge in [0.2, 0.25) is 5.95 Å². The van der Waals surface area contributed by atoms with Gasteiger partial charge in [-0.15, -0.1) is 0 Å². The highest BCUT2D eigenvalue weighted by Crippen LogP contribution is 2.20. The highest BCUT2D eigenvalue weighted by molar-refractivity contribution is 5.32. The van der Waals surface area contributed by atoms with E-state index >= 15 is 0 Å². The molecule has 1 aromatic rings. The average molecular weight is 180 g/mol. The summed E-state index contributed by atoms with van der Waals surface area (Å²) in [4.78, 5) is 7.76. The number of nitrogens with zero attached hydrogens (tertiary/aromatic N) is 1. The van der Waals surface area contributed by atoms with Gasteiger partial charge in [-0.1, -0.05) is 0 Å². The Bertz CT molecular complexity index is 256. The predicted molar refractivity (Wildman–Crippen MR) is 52.8 cm³/mol. The first-order valence-electron chi connectivity index (χ1n) is 4.92. The fourth-order valence-corrected chi connectivity index (χ4v) is 1.73. The van der Waals surface area contributed by atoms with Gasteiger partial charge < -0.3 is 16.0 Å². The second-order valence-corrected chi connectivity index (χ2v) is 3.43. The molecule has 1 aromatic heterocycles. The van der Waals surface area contributed by atoms with Crippen LogP contribution in [-0.2, 0) is 12.8 Å². The van der Waals surface area contributed by atoms with Crippen LogP contribution in [0.3, 0.4) is 0 Å². The minimum atomic E-state index is 0.644. The third kappa shape index (κ3) is 1.83. The molecule has 1 heterocycles. The lowest BCUT2D eigenvalue weighted by Crippen LogP contribution is -2.13. The number of aromatic nitrogens is 2. The first-order valence-corrected chi connectivity index (χ1v) is 4.92. The molecule has 0 unspecified atom stereocenters. The lowest BCUT2D eigenvalue weighted by molar-refractivity contribution is 0.667. The smallest absolute Gasteiger partial charge is 0.200 e. The van der Waals surface area contributed by atoms with Crippen LogP contribution in [0.1, 0.15) is 24.2 Å². The quantitative estimate of drug-likeness (QED) is 0.640. The van der Waals surface area contributed by atoms with Crippen LogP contribution >= 0.6 is 0 Å². The molecular weight excluding hydrogens is 164 g/mol. The highest BCUT2D eigenvalue weighted by atomic mass is 15.1. The van der Waals surface area contributed by atoms with Gasteiger partial charge in [-0.05, 0) is 25.7 Å². The molecule has 0 aromatic carbocycles. The molecule has 4 heteroatoms. The zero-order chi connectivity index (χ0) is 9.10. The van der Waals surface area contributed by atoms with Gasteiger partial charge >= 0.3 is 0 Å². The van der Waals surface area contributed by atoms with E-state index in [1.165, 1.54) is 24.2 Å². The Morgan fingerprint density at radius 3 is 3.00 bits per heavy atom. The maximum absolute atomic E-state index is 5.39. The minimum Gasteiger partial charge on any atom is -0.355 e. The summed E-state index contributed by atoms with van der Waals surface area (Å²) in [6.07, 6.45) is 4.82. The van der Waals surface area contributed by atoms with E-state index < -0.39 is 0 Å². The van der Waals surface area contributed by atoms with Crippen LogP contribution in [0.15, 0.2) is 0 Å². The molecular formula is C9H16N4. The Kier molecular flexibility index (Phi) is 2.49. The van der Waals surface area contributed by atoms with E-state index in [9.17, 15) is 0 Å². The predicted octanol–water partition coefficient (Wildman–Crippen LogP) is 0.659. The number of fused-ring (bicyclic) bond motifs is 1. The first kappa shape index (κ1) is 8.56. The molecule has 4 nitrogen and oxygen atoms in total. The van der Waals surface area contributed by atoms with Crippen molar-refractivity contribution in [2.24, 2.45) is 5.73 Å². The number of hydrogen-bond acceptors (Lipinski definition) is 3. The number of aromatic amines is 1. The molecule has 0 atom stereocenters. The number of nitrogens with two attached hydrogens (primary N) is 1. The molecule has 0 amide bonds. The van der Waals surface area contributed by atoms with Crippen LogP contribution in [0, 0.1) is 0 Å². The SMILES string of the molecule is NCCNc1nc2c([nH]1)CCCC2. The van der Waals surface area contributed by atoms with Crippen molar-refractivity contribution in [3.8, 4) is 0 Å². The maximum Gasteiger partial charge on any atom is 0.200 e. The lowest BCUT2D eigenvalue weighted by Gasteiger charge is -2.07. The Hall–Kier alpha value is -1.03. The van der Waals surface area contributed by atoms with Gasteiger partial charge in [0.15, 0.2) is 0 Å². The number of hydrogen-bond donors (Lipinski definition) is 3. The molecule has 13 heavy (non-hydrogen) atoms. The van der Waals surface area contributed by atoms with Crippen LogP contribution in [0.2, 0.25) is 0 Å². The lowest BCUT2D eigenvalue weighted by atomic mass is 10.0. The van der Waals surface area contributed by atoms with Crippen LogP contribution < -0.4 is 11.1 Å². The Morgan fingerprint density at radius 2 is 2.23 bits per heavy atom. The van der Waals surface area contributed by atoms with E-state index in [4.69, 9.17) is 5.73 Å². The van der Waals surface area contributed by atoms with Gasteiger partial charge in [-0.25, -0.2) is 4.98 Å². The summed E-state index contributed by atoms with van der Waals surface area (Å²) in [5, 5.41) is 3.16. The number of H-pyrrole nitrogens is 1. The molecule has 0 fully saturated rings. The molecule has 2 rings (SSSR count). The summed E-state index contributed by atoms with van der Waals surface area (Å²) in [6, 6.07) is 0. The maximum atomic E-state index is 5.39. The molecule has 0 bridgehead atoms. The van der Waals surface area contributed by atoms with Crippen molar-refractivity contribution in [1.29, 1.82) is 0 Å². The second-order valence-electron chi connectivity index (χ2n) is 3.43. The van der Waals surface area contributed by atoms with Crippen LogP contribution in [0.25, 0.3) is 0 Å². The third-order valence-electron chi connectivity index (χ3n) is 2.39. The van der Waals surface area contributed by atoms with Crippen molar-refractivity contribution in [2.45, 2.75) is 25.7 Å². The molecule has 1 aliphatic rings. The number of nitrogens with one attached hydrogen (secondary N) is 2. The first-order chi connectivity index (χ1) is 6.40. The molecule has 0 spiro atoms. The fraction of sp³-hybridized carbons (Fsp3) is 0.667. The zero-order valence-corrected chi connectivity index (χ0v) is 7.77. The Labute approximate surface area is 77.9 Å². The fourth-order valence-electron chi connectivity index (χ4n) is 1.73. The minimum absolute atomic E-state index is 0.644. The van der Waals surface area contributed by atoms with Gasteiger partial charge in [-0.2, -0.15) is 0 Å². The van der Waals surface area contributed by atoms with Crippen molar-refractivity contribution in [3.05, 3.63) is 11.4 Å². The van der Waals surface area contributed by atoms with E-state index in [-0.39, 0.29) is 0 Å². The van der Waals surface area contributed by atoms with Crippen molar-refractivity contribution in [3.63, 3.8) is 0 Å². The van der Waals surface area contributed by atoms with Crippen molar-refractivity contribution in [1.82, 2.24) is 9.97 Å². The molecule has 72 valence electrons. The summed E-state index contributed by atoms with van der Waals surface area (Å²) in [5.41, 5.74) is 7.95. The van der Waals surface area contributed by atoms with Gasteiger partial charge in [0.1, 0.15) is 0 Å². The van der Waals surface area contributed by atoms with E-state index in [0.717, 1.165) is 25.3 Å². The second kappa shape index (κ2) is 3.79. The van der Waals surface area contributed by atoms with E-state index in [1.807, 2.05) is 0 Å². The molecule has 0 saturated carbocycles. The average Bonchev–Trinajstić information content (AvgIpc) is 2.57. The van der Waals surface area contributed by atoms with Gasteiger partial charge in [0.25, 0.3) is 0 Å². The van der Waals surface area contributed by atoms with Crippen molar-refractivity contribution < 1.29 is 0 Å². The summed E-state index contributed by atoms with van der Waals surface area (Å²) in [6.45, 7) is 1.43. The van der Waals surface area contributed by atoms with E-state index in [0.29, 0.717) is 6.54 Å². The Balaban J connectivity index is 2.07. The number of rotatable bonds is 3. The normalized spacial score (nSPS) is 15.5. The Morgan fingerprint density at radius 1 is 1.38 bits per heavy atom. The van der Waals surface area contributed by atoms with Gasteiger partial charge in [0.05, 0.1) is 5.69 Å². The van der Waals surface area contributed by atoms with E-state index in [2.05, 4.69) is 15.3 Å². The number of imidazole rings is 1. The topological polar surface area (TPSA) is 66.7 Å². The van der Waals surface area contributed by atoms with Crippen molar-refractivity contribution >= 4 is 5.95 Å². The van der Waals surface area contributed by atoms with Gasteiger partial charge in [0, 0.05) is 18.8 Å². The third-order valence-corrected chi connectivity index (χ3v) is 2.39. The molecule has 4 N–H and O–H groups in total. The van der Waals surface area contributed by atoms with Crippen LogP contribution in [0.5, 0.6) is 0 Å². The summed E-state index contributed by atoms with van der Waals surface area (Å²) in [5.74, 6) is 0.886. The standard InChI is InChI=1S/C9H16N4/c10-5-6-11-9-12-7-3-1-2-4-8(7)13-9/h1-6,10H2,(H2,11,12,13). The molecule has 0 radical (unpaired) electrons. The zero-order valence-electron chi connectivity index (χ0n) is 7.77. The summed E-state index contributed by atoms with van der Waals surface area (Å²) in [7, 11) is 0. The van der Waals surface area contributed by atoms with E-state index in [1.54, 1.807) is 0 Å². The summed E-state index contributed by atoms with van der Waals surface area (Å²) >= 11 is 0. The van der Waals surface area contributed by atoms with Crippen molar-refractivity contribution in [2.75, 3.05) is 18.4 Å². The largest absolute Gasteiger partial charge is 0.355 e. The highest BCUT2D eigenvalue weighted by Gasteiger charge is 2.13. The molecule has 1 aliphatic carbocycles. The number of aryl methyl sites for hydroxylation is 2. The van der Waals surface area contributed by atoms with Gasteiger partial charge in [-0.3, -0.25) is 0 Å². The van der Waals surface area contributed by atoms with Crippen LogP contribution in [0.4, 0.5) is 5.95 Å². The number of anilines is 1. The van der Waals surface area contributed by atoms with Crippen LogP contribution in [-0.4, -0.2) is 23.1 Å². The molecule has 0 saturated heterocycles. The summed E-state index contributed by atoms with van der Waals surface area (Å²) < 4.78 is 0.